The Balaban J connectivity index is 1.66. The normalized spacial score (nSPS) is 21.3. The number of anilines is 1. The van der Waals surface area contributed by atoms with Crippen LogP contribution in [0.5, 0.6) is 0 Å². The number of hydrogen-bond donors (Lipinski definition) is 2. The van der Waals surface area contributed by atoms with E-state index in [4.69, 9.17) is 11.8 Å². The molecule has 0 aliphatic heterocycles. The zero-order valence-electron chi connectivity index (χ0n) is 15.2. The van der Waals surface area contributed by atoms with E-state index in [1.54, 1.807) is 0 Å². The molecule has 1 saturated carbocycles. The summed E-state index contributed by atoms with van der Waals surface area (Å²) in [6, 6.07) is 10.1. The summed E-state index contributed by atoms with van der Waals surface area (Å²) < 4.78 is 0. The predicted octanol–water partition coefficient (Wildman–Crippen LogP) is 4.98. The molecule has 1 unspecified atom stereocenters. The molecule has 1 aromatic carbocycles. The summed E-state index contributed by atoms with van der Waals surface area (Å²) >= 11 is 5.87. The Morgan fingerprint density at radius 1 is 1.35 bits per heavy atom. The second-order valence-electron chi connectivity index (χ2n) is 7.17. The van der Waals surface area contributed by atoms with Crippen LogP contribution in [0.3, 0.4) is 0 Å². The molecule has 4 nitrogen and oxygen atoms in total. The Labute approximate surface area is 160 Å². The van der Waals surface area contributed by atoms with E-state index in [-0.39, 0.29) is 17.9 Å². The average molecular weight is 372 g/mol. The lowest BCUT2D eigenvalue weighted by molar-refractivity contribution is -0.121. The molecule has 2 N–H and O–H groups in total. The third kappa shape index (κ3) is 4.25. The number of nitrogens with one attached hydrogen (secondary N) is 2. The molecule has 1 aliphatic carbocycles. The van der Waals surface area contributed by atoms with Crippen molar-refractivity contribution < 1.29 is 4.79 Å². The predicted molar refractivity (Wildman–Crippen MR) is 108 cm³/mol. The Morgan fingerprint density at radius 2 is 2.08 bits per heavy atom. The van der Waals surface area contributed by atoms with Crippen molar-refractivity contribution in [3.63, 3.8) is 0 Å². The van der Waals surface area contributed by atoms with E-state index in [0.717, 1.165) is 54.4 Å². The molecule has 1 aliphatic rings. The third-order valence-corrected chi connectivity index (χ3v) is 5.65. The fraction of sp³-hybridized carbons (Fsp3) is 0.429. The largest absolute Gasteiger partial charge is 0.325 e. The van der Waals surface area contributed by atoms with Gasteiger partial charge in [0.1, 0.15) is 0 Å². The van der Waals surface area contributed by atoms with E-state index < -0.39 is 0 Å². The maximum atomic E-state index is 12.8. The van der Waals surface area contributed by atoms with Crippen LogP contribution in [-0.2, 0) is 4.79 Å². The highest BCUT2D eigenvalue weighted by Gasteiger charge is 2.30. The number of pyridine rings is 1. The van der Waals surface area contributed by atoms with Gasteiger partial charge in [-0.15, -0.1) is 6.58 Å². The van der Waals surface area contributed by atoms with Crippen molar-refractivity contribution in [1.29, 1.82) is 0 Å². The SMILES string of the molecule is C=CCC(NCl)C1CCC(C(=O)Nc2cc(C)nc3ccccc23)CC1. The van der Waals surface area contributed by atoms with Crippen LogP contribution in [0, 0.1) is 18.8 Å². The van der Waals surface area contributed by atoms with E-state index in [0.29, 0.717) is 5.92 Å². The number of carbonyl (C=O) groups excluding carboxylic acids is 1. The summed E-state index contributed by atoms with van der Waals surface area (Å²) in [6.07, 6.45) is 6.55. The number of aryl methyl sites for hydroxylation is 1. The molecular formula is C21H26ClN3O. The lowest BCUT2D eigenvalue weighted by atomic mass is 9.77. The molecule has 26 heavy (non-hydrogen) atoms. The van der Waals surface area contributed by atoms with Gasteiger partial charge in [-0.1, -0.05) is 24.3 Å². The Kier molecular flexibility index (Phi) is 6.28. The van der Waals surface area contributed by atoms with Crippen LogP contribution in [0.25, 0.3) is 10.9 Å². The lowest BCUT2D eigenvalue weighted by Crippen LogP contribution is -2.35. The van der Waals surface area contributed by atoms with Crippen LogP contribution >= 0.6 is 11.8 Å². The van der Waals surface area contributed by atoms with Crippen molar-refractivity contribution in [2.45, 2.75) is 45.1 Å². The van der Waals surface area contributed by atoms with Crippen molar-refractivity contribution in [1.82, 2.24) is 9.82 Å². The monoisotopic (exact) mass is 371 g/mol. The van der Waals surface area contributed by atoms with Crippen LogP contribution in [0.15, 0.2) is 43.0 Å². The van der Waals surface area contributed by atoms with E-state index in [9.17, 15) is 4.79 Å². The van der Waals surface area contributed by atoms with Crippen molar-refractivity contribution in [3.05, 3.63) is 48.7 Å². The first-order chi connectivity index (χ1) is 12.6. The number of benzene rings is 1. The molecule has 1 atom stereocenters. The van der Waals surface area contributed by atoms with Crippen molar-refractivity contribution in [3.8, 4) is 0 Å². The first kappa shape index (κ1) is 18.9. The maximum absolute atomic E-state index is 12.8. The molecule has 0 spiro atoms. The van der Waals surface area contributed by atoms with E-state index in [2.05, 4.69) is 21.7 Å². The molecule has 0 saturated heterocycles. The van der Waals surface area contributed by atoms with Crippen molar-refractivity contribution in [2.24, 2.45) is 11.8 Å². The fourth-order valence-electron chi connectivity index (χ4n) is 3.94. The average Bonchev–Trinajstić information content (AvgIpc) is 2.66. The zero-order chi connectivity index (χ0) is 18.5. The highest BCUT2D eigenvalue weighted by atomic mass is 35.5. The minimum atomic E-state index is 0.0539. The topological polar surface area (TPSA) is 54.0 Å². The lowest BCUT2D eigenvalue weighted by Gasteiger charge is -2.32. The zero-order valence-corrected chi connectivity index (χ0v) is 15.9. The van der Waals surface area contributed by atoms with Gasteiger partial charge in [0.2, 0.25) is 5.91 Å². The second kappa shape index (κ2) is 8.65. The fourth-order valence-corrected chi connectivity index (χ4v) is 4.20. The van der Waals surface area contributed by atoms with Gasteiger partial charge in [-0.3, -0.25) is 9.78 Å². The van der Waals surface area contributed by atoms with Gasteiger partial charge in [0.05, 0.1) is 11.2 Å². The number of carbonyl (C=O) groups is 1. The Bertz CT molecular complexity index is 784. The van der Waals surface area contributed by atoms with E-state index >= 15 is 0 Å². The van der Waals surface area contributed by atoms with Crippen molar-refractivity contribution >= 4 is 34.3 Å². The first-order valence-corrected chi connectivity index (χ1v) is 9.64. The Morgan fingerprint density at radius 3 is 2.77 bits per heavy atom. The minimum Gasteiger partial charge on any atom is -0.325 e. The van der Waals surface area contributed by atoms with Gasteiger partial charge in [0.25, 0.3) is 0 Å². The molecule has 1 amide bonds. The number of nitrogens with zero attached hydrogens (tertiary/aromatic N) is 1. The second-order valence-corrected chi connectivity index (χ2v) is 7.39. The molecule has 138 valence electrons. The highest BCUT2D eigenvalue weighted by Crippen LogP contribution is 2.33. The number of para-hydroxylation sites is 1. The van der Waals surface area contributed by atoms with E-state index in [1.807, 2.05) is 43.3 Å². The highest BCUT2D eigenvalue weighted by molar-refractivity contribution is 6.13. The quantitative estimate of drug-likeness (QED) is 0.556. The maximum Gasteiger partial charge on any atom is 0.227 e. The van der Waals surface area contributed by atoms with Crippen LogP contribution in [0.1, 0.15) is 37.8 Å². The van der Waals surface area contributed by atoms with Crippen molar-refractivity contribution in [2.75, 3.05) is 5.32 Å². The van der Waals surface area contributed by atoms with Crippen LogP contribution in [0.4, 0.5) is 5.69 Å². The molecular weight excluding hydrogens is 346 g/mol. The van der Waals surface area contributed by atoms with Gasteiger partial charge in [-0.05, 0) is 68.9 Å². The molecule has 1 heterocycles. The van der Waals surface area contributed by atoms with Crippen LogP contribution in [-0.4, -0.2) is 16.9 Å². The summed E-state index contributed by atoms with van der Waals surface area (Å²) in [5.41, 5.74) is 2.67. The minimum absolute atomic E-state index is 0.0539. The molecule has 0 bridgehead atoms. The molecule has 5 heteroatoms. The van der Waals surface area contributed by atoms with Gasteiger partial charge in [-0.2, -0.15) is 0 Å². The van der Waals surface area contributed by atoms with Crippen LogP contribution < -0.4 is 10.2 Å². The summed E-state index contributed by atoms with van der Waals surface area (Å²) in [5, 5.41) is 4.13. The number of fused-ring (bicyclic) bond motifs is 1. The van der Waals surface area contributed by atoms with Gasteiger partial charge in [-0.25, -0.2) is 4.84 Å². The number of aromatic nitrogens is 1. The molecule has 2 aromatic rings. The smallest absolute Gasteiger partial charge is 0.227 e. The van der Waals surface area contributed by atoms with E-state index in [1.165, 1.54) is 0 Å². The van der Waals surface area contributed by atoms with Gasteiger partial charge in [0.15, 0.2) is 0 Å². The van der Waals surface area contributed by atoms with Gasteiger partial charge in [0, 0.05) is 23.0 Å². The van der Waals surface area contributed by atoms with Crippen LogP contribution in [0.2, 0.25) is 0 Å². The van der Waals surface area contributed by atoms with Gasteiger partial charge >= 0.3 is 0 Å². The third-order valence-electron chi connectivity index (χ3n) is 5.37. The summed E-state index contributed by atoms with van der Waals surface area (Å²) in [6.45, 7) is 5.75. The molecule has 0 radical (unpaired) electrons. The summed E-state index contributed by atoms with van der Waals surface area (Å²) in [4.78, 5) is 20.2. The van der Waals surface area contributed by atoms with Gasteiger partial charge < -0.3 is 5.32 Å². The standard InChI is InChI=1S/C21H26ClN3O/c1-3-6-18(25-22)15-9-11-16(12-10-15)21(26)24-20-13-14(2)23-19-8-5-4-7-17(19)20/h3-5,7-8,13,15-16,18,25H,1,6,9-12H2,2H3,(H,23,24,26). The molecule has 1 aromatic heterocycles. The molecule has 1 fully saturated rings. The number of halogens is 1. The number of rotatable bonds is 6. The number of amides is 1. The number of hydrogen-bond acceptors (Lipinski definition) is 3. The summed E-state index contributed by atoms with van der Waals surface area (Å²) in [5.74, 6) is 0.662. The Hall–Kier alpha value is -1.91. The first-order valence-electron chi connectivity index (χ1n) is 9.26. The summed E-state index contributed by atoms with van der Waals surface area (Å²) in [7, 11) is 0. The molecule has 3 rings (SSSR count).